The summed E-state index contributed by atoms with van der Waals surface area (Å²) in [5, 5.41) is 12.5. The lowest BCUT2D eigenvalue weighted by atomic mass is 10.1. The van der Waals surface area contributed by atoms with Gasteiger partial charge in [-0.3, -0.25) is 9.59 Å². The second-order valence-corrected chi connectivity index (χ2v) is 4.66. The average Bonchev–Trinajstić information content (AvgIpc) is 2.66. The number of aryl methyl sites for hydroxylation is 1. The van der Waals surface area contributed by atoms with Gasteiger partial charge in [-0.1, -0.05) is 25.1 Å². The van der Waals surface area contributed by atoms with E-state index < -0.39 is 11.9 Å². The van der Waals surface area contributed by atoms with Gasteiger partial charge in [0.2, 0.25) is 5.91 Å². The quantitative estimate of drug-likeness (QED) is 0.790. The number of amides is 1. The second-order valence-electron chi connectivity index (χ2n) is 4.66. The van der Waals surface area contributed by atoms with E-state index >= 15 is 0 Å². The Balaban J connectivity index is 2.19. The number of carbonyl (C=O) groups excluding carboxylic acids is 1. The molecule has 1 aromatic carbocycles. The van der Waals surface area contributed by atoms with Gasteiger partial charge in [0.1, 0.15) is 0 Å². The molecule has 0 saturated heterocycles. The highest BCUT2D eigenvalue weighted by atomic mass is 16.4. The summed E-state index contributed by atoms with van der Waals surface area (Å²) in [5.41, 5.74) is 2.53. The van der Waals surface area contributed by atoms with E-state index in [0.717, 1.165) is 22.3 Å². The highest BCUT2D eigenvalue weighted by Crippen LogP contribution is 2.27. The fourth-order valence-corrected chi connectivity index (χ4v) is 1.99. The van der Waals surface area contributed by atoms with Gasteiger partial charge in [-0.05, 0) is 13.0 Å². The van der Waals surface area contributed by atoms with Gasteiger partial charge in [0.25, 0.3) is 0 Å². The molecule has 5 heteroatoms. The summed E-state index contributed by atoms with van der Waals surface area (Å²) in [5.74, 6) is -1.95. The van der Waals surface area contributed by atoms with Crippen LogP contribution in [0, 0.1) is 12.8 Å². The van der Waals surface area contributed by atoms with Gasteiger partial charge in [-0.2, -0.15) is 0 Å². The number of carboxylic acid groups (broad SMARTS) is 1. The highest BCUT2D eigenvalue weighted by molar-refractivity contribution is 6.03. The lowest BCUT2D eigenvalue weighted by Crippen LogP contribution is -2.20. The molecule has 1 amide bonds. The van der Waals surface area contributed by atoms with E-state index in [0.29, 0.717) is 0 Å². The molecule has 2 rings (SSSR count). The molecule has 0 saturated carbocycles. The Bertz CT molecular complexity index is 631. The van der Waals surface area contributed by atoms with Crippen molar-refractivity contribution in [2.75, 3.05) is 5.32 Å². The molecule has 2 aromatic rings. The highest BCUT2D eigenvalue weighted by Gasteiger charge is 2.17. The lowest BCUT2D eigenvalue weighted by molar-refractivity contribution is -0.142. The van der Waals surface area contributed by atoms with E-state index in [1.165, 1.54) is 6.92 Å². The van der Waals surface area contributed by atoms with Crippen molar-refractivity contribution in [1.82, 2.24) is 4.98 Å². The maximum atomic E-state index is 11.8. The normalized spacial score (nSPS) is 12.3. The molecule has 19 heavy (non-hydrogen) atoms. The Morgan fingerprint density at radius 3 is 2.74 bits per heavy atom. The Morgan fingerprint density at radius 1 is 1.37 bits per heavy atom. The third-order valence-electron chi connectivity index (χ3n) is 3.07. The number of nitrogens with one attached hydrogen (secondary N) is 2. The fraction of sp³-hybridized carbons (Fsp3) is 0.286. The zero-order chi connectivity index (χ0) is 14.0. The van der Waals surface area contributed by atoms with Gasteiger partial charge in [0.05, 0.1) is 11.6 Å². The van der Waals surface area contributed by atoms with Gasteiger partial charge in [-0.15, -0.1) is 0 Å². The molecule has 3 N–H and O–H groups in total. The van der Waals surface area contributed by atoms with Crippen LogP contribution in [0.5, 0.6) is 0 Å². The van der Waals surface area contributed by atoms with Crippen LogP contribution in [0.4, 0.5) is 5.69 Å². The van der Waals surface area contributed by atoms with Gasteiger partial charge in [0.15, 0.2) is 0 Å². The fourth-order valence-electron chi connectivity index (χ4n) is 1.99. The summed E-state index contributed by atoms with van der Waals surface area (Å²) < 4.78 is 0. The largest absolute Gasteiger partial charge is 0.481 e. The van der Waals surface area contributed by atoms with Crippen LogP contribution in [-0.4, -0.2) is 22.0 Å². The molecule has 1 unspecified atom stereocenters. The number of hydrogen-bond acceptors (Lipinski definition) is 2. The van der Waals surface area contributed by atoms with E-state index in [2.05, 4.69) is 10.3 Å². The van der Waals surface area contributed by atoms with Gasteiger partial charge in [0, 0.05) is 23.0 Å². The SMILES string of the molecule is Cc1[nH]c2ccccc2c1NC(=O)CC(C)C(=O)O. The summed E-state index contributed by atoms with van der Waals surface area (Å²) in [6, 6.07) is 7.65. The summed E-state index contributed by atoms with van der Waals surface area (Å²) in [6.07, 6.45) is -0.0335. The Kier molecular flexibility index (Phi) is 3.55. The van der Waals surface area contributed by atoms with Crippen molar-refractivity contribution in [3.05, 3.63) is 30.0 Å². The number of carboxylic acids is 1. The van der Waals surface area contributed by atoms with E-state index in [1.807, 2.05) is 31.2 Å². The predicted octanol–water partition coefficient (Wildman–Crippen LogP) is 2.53. The zero-order valence-corrected chi connectivity index (χ0v) is 10.9. The zero-order valence-electron chi connectivity index (χ0n) is 10.9. The average molecular weight is 260 g/mol. The van der Waals surface area contributed by atoms with Gasteiger partial charge in [-0.25, -0.2) is 0 Å². The first-order chi connectivity index (χ1) is 8.99. The summed E-state index contributed by atoms with van der Waals surface area (Å²) in [4.78, 5) is 25.7. The van der Waals surface area contributed by atoms with E-state index in [4.69, 9.17) is 5.11 Å². The van der Waals surface area contributed by atoms with Crippen molar-refractivity contribution in [2.45, 2.75) is 20.3 Å². The molecule has 0 radical (unpaired) electrons. The Morgan fingerprint density at radius 2 is 2.05 bits per heavy atom. The molecule has 1 aromatic heterocycles. The van der Waals surface area contributed by atoms with Crippen LogP contribution in [0.25, 0.3) is 10.9 Å². The first-order valence-corrected chi connectivity index (χ1v) is 6.09. The van der Waals surface area contributed by atoms with Crippen molar-refractivity contribution in [2.24, 2.45) is 5.92 Å². The minimum absolute atomic E-state index is 0.0335. The van der Waals surface area contributed by atoms with Crippen LogP contribution < -0.4 is 5.32 Å². The number of hydrogen-bond donors (Lipinski definition) is 3. The Labute approximate surface area is 110 Å². The van der Waals surface area contributed by atoms with E-state index in [-0.39, 0.29) is 12.3 Å². The van der Waals surface area contributed by atoms with E-state index in [9.17, 15) is 9.59 Å². The molecule has 1 heterocycles. The summed E-state index contributed by atoms with van der Waals surface area (Å²) >= 11 is 0. The van der Waals surface area contributed by atoms with Crippen LogP contribution in [0.3, 0.4) is 0 Å². The number of carbonyl (C=O) groups is 2. The third kappa shape index (κ3) is 2.76. The standard InChI is InChI=1S/C14H16N2O3/c1-8(14(18)19)7-12(17)16-13-9(2)15-11-6-4-3-5-10(11)13/h3-6,8,15H,7H2,1-2H3,(H,16,17)(H,18,19). The number of aromatic nitrogens is 1. The second kappa shape index (κ2) is 5.14. The summed E-state index contributed by atoms with van der Waals surface area (Å²) in [6.45, 7) is 3.39. The lowest BCUT2D eigenvalue weighted by Gasteiger charge is -2.08. The van der Waals surface area contributed by atoms with Crippen LogP contribution in [0.1, 0.15) is 19.0 Å². The van der Waals surface area contributed by atoms with Crippen molar-refractivity contribution >= 4 is 28.5 Å². The number of aliphatic carboxylic acids is 1. The molecule has 100 valence electrons. The molecule has 0 aliphatic rings. The van der Waals surface area contributed by atoms with Crippen molar-refractivity contribution in [3.63, 3.8) is 0 Å². The molecular formula is C14H16N2O3. The number of aromatic amines is 1. The molecule has 0 fully saturated rings. The number of anilines is 1. The Hall–Kier alpha value is -2.30. The number of H-pyrrole nitrogens is 1. The van der Waals surface area contributed by atoms with Crippen LogP contribution in [0.15, 0.2) is 24.3 Å². The number of benzene rings is 1. The molecule has 0 aliphatic heterocycles. The number of rotatable bonds is 4. The smallest absolute Gasteiger partial charge is 0.306 e. The number of para-hydroxylation sites is 1. The maximum Gasteiger partial charge on any atom is 0.306 e. The topological polar surface area (TPSA) is 82.2 Å². The minimum Gasteiger partial charge on any atom is -0.481 e. The third-order valence-corrected chi connectivity index (χ3v) is 3.07. The summed E-state index contributed by atoms with van der Waals surface area (Å²) in [7, 11) is 0. The minimum atomic E-state index is -0.967. The molecule has 5 nitrogen and oxygen atoms in total. The van der Waals surface area contributed by atoms with Crippen molar-refractivity contribution < 1.29 is 14.7 Å². The van der Waals surface area contributed by atoms with Crippen LogP contribution >= 0.6 is 0 Å². The predicted molar refractivity (Wildman–Crippen MR) is 73.1 cm³/mol. The molecule has 0 spiro atoms. The maximum absolute atomic E-state index is 11.8. The van der Waals surface area contributed by atoms with Crippen molar-refractivity contribution in [3.8, 4) is 0 Å². The first-order valence-electron chi connectivity index (χ1n) is 6.09. The molecule has 1 atom stereocenters. The number of fused-ring (bicyclic) bond motifs is 1. The van der Waals surface area contributed by atoms with Gasteiger partial charge < -0.3 is 15.4 Å². The monoisotopic (exact) mass is 260 g/mol. The van der Waals surface area contributed by atoms with Gasteiger partial charge >= 0.3 is 5.97 Å². The molecule has 0 aliphatic carbocycles. The molecular weight excluding hydrogens is 244 g/mol. The van der Waals surface area contributed by atoms with E-state index in [1.54, 1.807) is 0 Å². The van der Waals surface area contributed by atoms with Crippen molar-refractivity contribution in [1.29, 1.82) is 0 Å². The van der Waals surface area contributed by atoms with Crippen LogP contribution in [-0.2, 0) is 9.59 Å². The molecule has 0 bridgehead atoms. The first kappa shape index (κ1) is 13.1. The van der Waals surface area contributed by atoms with Crippen LogP contribution in [0.2, 0.25) is 0 Å².